The maximum atomic E-state index is 12.7. The monoisotopic (exact) mass is 409 g/mol. The zero-order valence-electron chi connectivity index (χ0n) is 17.5. The second kappa shape index (κ2) is 10.4. The summed E-state index contributed by atoms with van der Waals surface area (Å²) in [6, 6.07) is 12.0. The van der Waals surface area contributed by atoms with E-state index in [1.807, 2.05) is 36.4 Å². The van der Waals surface area contributed by atoms with Crippen LogP contribution >= 0.6 is 0 Å². The summed E-state index contributed by atoms with van der Waals surface area (Å²) in [4.78, 5) is 19.3. The smallest absolute Gasteiger partial charge is 0.234 e. The van der Waals surface area contributed by atoms with Crippen LogP contribution in [0.15, 0.2) is 42.6 Å². The van der Waals surface area contributed by atoms with E-state index in [4.69, 9.17) is 9.47 Å². The Balaban J connectivity index is 1.51. The van der Waals surface area contributed by atoms with Crippen molar-refractivity contribution < 1.29 is 14.3 Å². The number of nitrogens with one attached hydrogen (secondary N) is 1. The Kier molecular flexibility index (Phi) is 7.19. The second-order valence-corrected chi connectivity index (χ2v) is 8.19. The fourth-order valence-electron chi connectivity index (χ4n) is 4.19. The molecule has 0 unspecified atom stereocenters. The molecule has 1 saturated carbocycles. The molecule has 1 aromatic carbocycles. The molecule has 6 nitrogen and oxygen atoms in total. The predicted octanol–water partition coefficient (Wildman–Crippen LogP) is 4.30. The average Bonchev–Trinajstić information content (AvgIpc) is 3.25. The largest absolute Gasteiger partial charge is 0.490 e. The normalized spacial score (nSPS) is 18.5. The number of carbonyl (C=O) groups is 1. The van der Waals surface area contributed by atoms with Crippen LogP contribution in [-0.2, 0) is 11.3 Å². The van der Waals surface area contributed by atoms with E-state index >= 15 is 0 Å². The van der Waals surface area contributed by atoms with Crippen LogP contribution in [0.5, 0.6) is 17.4 Å². The molecule has 1 aromatic heterocycles. The summed E-state index contributed by atoms with van der Waals surface area (Å²) in [5.74, 6) is 2.09. The van der Waals surface area contributed by atoms with Crippen LogP contribution in [0.3, 0.4) is 0 Å². The summed E-state index contributed by atoms with van der Waals surface area (Å²) in [5.41, 5.74) is 0.972. The molecule has 1 fully saturated rings. The molecule has 0 spiro atoms. The molecule has 2 heterocycles. The number of rotatable bonds is 3. The summed E-state index contributed by atoms with van der Waals surface area (Å²) in [6.45, 7) is 2.54. The number of benzene rings is 1. The van der Waals surface area contributed by atoms with Gasteiger partial charge in [-0.05, 0) is 56.8 Å². The molecule has 1 aliphatic heterocycles. The zero-order chi connectivity index (χ0) is 20.6. The number of amides is 1. The van der Waals surface area contributed by atoms with E-state index in [-0.39, 0.29) is 5.91 Å². The van der Waals surface area contributed by atoms with Gasteiger partial charge in [0.1, 0.15) is 0 Å². The van der Waals surface area contributed by atoms with Crippen LogP contribution in [-0.4, -0.2) is 41.5 Å². The van der Waals surface area contributed by atoms with Gasteiger partial charge in [-0.3, -0.25) is 9.69 Å². The van der Waals surface area contributed by atoms with Gasteiger partial charge < -0.3 is 14.8 Å². The number of pyridine rings is 1. The van der Waals surface area contributed by atoms with Crippen molar-refractivity contribution in [3.63, 3.8) is 0 Å². The third-order valence-corrected chi connectivity index (χ3v) is 5.76. The van der Waals surface area contributed by atoms with Gasteiger partial charge in [0.25, 0.3) is 0 Å². The lowest BCUT2D eigenvalue weighted by Crippen LogP contribution is -2.41. The molecule has 0 atom stereocenters. The lowest BCUT2D eigenvalue weighted by atomic mass is 10.2. The van der Waals surface area contributed by atoms with Gasteiger partial charge in [0.2, 0.25) is 11.8 Å². The van der Waals surface area contributed by atoms with Crippen molar-refractivity contribution in [1.82, 2.24) is 15.2 Å². The number of hydrogen-bond acceptors (Lipinski definition) is 5. The first-order valence-electron chi connectivity index (χ1n) is 11.1. The van der Waals surface area contributed by atoms with E-state index in [2.05, 4.69) is 15.2 Å². The Labute approximate surface area is 178 Å². The molecular weight excluding hydrogens is 378 g/mol. The van der Waals surface area contributed by atoms with Crippen molar-refractivity contribution in [2.75, 3.05) is 19.7 Å². The minimum Gasteiger partial charge on any atom is -0.490 e. The number of para-hydroxylation sites is 2. The molecule has 2 aromatic rings. The molecule has 30 heavy (non-hydrogen) atoms. The molecule has 1 amide bonds. The Morgan fingerprint density at radius 1 is 1.03 bits per heavy atom. The van der Waals surface area contributed by atoms with Crippen molar-refractivity contribution in [3.8, 4) is 17.4 Å². The molecule has 0 radical (unpaired) electrons. The van der Waals surface area contributed by atoms with Gasteiger partial charge in [-0.1, -0.05) is 31.0 Å². The first-order valence-corrected chi connectivity index (χ1v) is 11.1. The van der Waals surface area contributed by atoms with Crippen LogP contribution in [0.2, 0.25) is 0 Å². The zero-order valence-corrected chi connectivity index (χ0v) is 17.5. The average molecular weight is 410 g/mol. The minimum absolute atomic E-state index is 0.117. The van der Waals surface area contributed by atoms with Gasteiger partial charge in [0.05, 0.1) is 13.2 Å². The van der Waals surface area contributed by atoms with E-state index in [9.17, 15) is 4.79 Å². The van der Waals surface area contributed by atoms with Crippen molar-refractivity contribution >= 4 is 5.91 Å². The van der Waals surface area contributed by atoms with E-state index in [0.29, 0.717) is 37.4 Å². The first kappa shape index (κ1) is 20.7. The summed E-state index contributed by atoms with van der Waals surface area (Å²) >= 11 is 0. The topological polar surface area (TPSA) is 63.7 Å². The highest BCUT2D eigenvalue weighted by Crippen LogP contribution is 2.32. The summed E-state index contributed by atoms with van der Waals surface area (Å²) < 4.78 is 12.1. The van der Waals surface area contributed by atoms with Crippen LogP contribution in [0, 0.1) is 0 Å². The Hall–Kier alpha value is -2.60. The Bertz CT molecular complexity index is 836. The van der Waals surface area contributed by atoms with E-state index < -0.39 is 0 Å². The van der Waals surface area contributed by atoms with Gasteiger partial charge in [-0.25, -0.2) is 4.98 Å². The van der Waals surface area contributed by atoms with Crippen molar-refractivity contribution in [2.24, 2.45) is 0 Å². The number of carbonyl (C=O) groups excluding carboxylic acids is 1. The molecular formula is C24H31N3O3. The fourth-order valence-corrected chi connectivity index (χ4v) is 4.19. The van der Waals surface area contributed by atoms with Gasteiger partial charge in [0, 0.05) is 24.3 Å². The molecule has 2 aliphatic rings. The fraction of sp³-hybridized carbons (Fsp3) is 0.500. The lowest BCUT2D eigenvalue weighted by molar-refractivity contribution is -0.123. The maximum absolute atomic E-state index is 12.7. The maximum Gasteiger partial charge on any atom is 0.234 e. The number of aromatic nitrogens is 1. The Morgan fingerprint density at radius 2 is 1.87 bits per heavy atom. The van der Waals surface area contributed by atoms with Crippen LogP contribution in [0.25, 0.3) is 0 Å². The highest BCUT2D eigenvalue weighted by Gasteiger charge is 2.20. The van der Waals surface area contributed by atoms with Gasteiger partial charge in [-0.2, -0.15) is 0 Å². The second-order valence-electron chi connectivity index (χ2n) is 8.19. The third-order valence-electron chi connectivity index (χ3n) is 5.76. The summed E-state index contributed by atoms with van der Waals surface area (Å²) in [7, 11) is 0. The quantitative estimate of drug-likeness (QED) is 0.819. The van der Waals surface area contributed by atoms with E-state index in [1.54, 1.807) is 6.20 Å². The van der Waals surface area contributed by atoms with Crippen LogP contribution in [0.1, 0.15) is 50.5 Å². The van der Waals surface area contributed by atoms with E-state index in [1.165, 1.54) is 12.8 Å². The number of fused-ring (bicyclic) bond motifs is 2. The molecule has 1 aliphatic carbocycles. The number of ether oxygens (including phenoxy) is 2. The highest BCUT2D eigenvalue weighted by atomic mass is 16.5. The molecule has 0 saturated heterocycles. The van der Waals surface area contributed by atoms with Gasteiger partial charge in [-0.15, -0.1) is 0 Å². The van der Waals surface area contributed by atoms with Crippen LogP contribution < -0.4 is 14.8 Å². The van der Waals surface area contributed by atoms with Gasteiger partial charge >= 0.3 is 0 Å². The van der Waals surface area contributed by atoms with Crippen molar-refractivity contribution in [1.29, 1.82) is 0 Å². The SMILES string of the molecule is O=C(CN1CCCCCOc2ccccc2Oc2ncccc2C1)NC1CCCC1. The molecule has 0 bridgehead atoms. The standard InChI is InChI=1S/C24H31N3O3/c28-23(26-20-10-2-3-11-20)18-27-15-6-1-7-16-29-21-12-4-5-13-22(21)30-24-19(17-27)9-8-14-25-24/h4-5,8-9,12-14,20H,1-3,6-7,10-11,15-18H2,(H,26,28). The minimum atomic E-state index is 0.117. The highest BCUT2D eigenvalue weighted by molar-refractivity contribution is 5.78. The molecule has 6 heteroatoms. The summed E-state index contributed by atoms with van der Waals surface area (Å²) in [6.07, 6.45) is 9.43. The Morgan fingerprint density at radius 3 is 2.73 bits per heavy atom. The lowest BCUT2D eigenvalue weighted by Gasteiger charge is -2.23. The van der Waals surface area contributed by atoms with E-state index in [0.717, 1.165) is 50.0 Å². The number of hydrogen-bond donors (Lipinski definition) is 1. The molecule has 1 N–H and O–H groups in total. The van der Waals surface area contributed by atoms with Gasteiger partial charge in [0.15, 0.2) is 11.5 Å². The molecule has 4 rings (SSSR count). The molecule has 160 valence electrons. The predicted molar refractivity (Wildman–Crippen MR) is 116 cm³/mol. The third kappa shape index (κ3) is 5.72. The van der Waals surface area contributed by atoms with Crippen molar-refractivity contribution in [3.05, 3.63) is 48.2 Å². The van der Waals surface area contributed by atoms with Crippen LogP contribution in [0.4, 0.5) is 0 Å². The van der Waals surface area contributed by atoms with Crippen molar-refractivity contribution in [2.45, 2.75) is 57.5 Å². The summed E-state index contributed by atoms with van der Waals surface area (Å²) in [5, 5.41) is 3.21. The number of nitrogens with zero attached hydrogens (tertiary/aromatic N) is 2. The first-order chi connectivity index (χ1) is 14.8.